The number of hydrogen-bond donors (Lipinski definition) is 2. The van der Waals surface area contributed by atoms with Crippen molar-refractivity contribution < 1.29 is 9.53 Å². The zero-order valence-corrected chi connectivity index (χ0v) is 13.3. The van der Waals surface area contributed by atoms with Gasteiger partial charge in [-0.15, -0.1) is 0 Å². The smallest absolute Gasteiger partial charge is 0.251 e. The van der Waals surface area contributed by atoms with Crippen molar-refractivity contribution in [3.05, 3.63) is 23.8 Å². The van der Waals surface area contributed by atoms with Gasteiger partial charge in [-0.05, 0) is 51.7 Å². The van der Waals surface area contributed by atoms with Crippen molar-refractivity contribution in [2.24, 2.45) is 0 Å². The maximum absolute atomic E-state index is 12.1. The second-order valence-corrected chi connectivity index (χ2v) is 5.37. The van der Waals surface area contributed by atoms with E-state index in [1.165, 1.54) is 0 Å². The van der Waals surface area contributed by atoms with Crippen LogP contribution in [0.3, 0.4) is 0 Å². The highest BCUT2D eigenvalue weighted by atomic mass is 16.5. The number of amides is 1. The molecule has 0 aromatic heterocycles. The molecule has 0 heterocycles. The van der Waals surface area contributed by atoms with Crippen molar-refractivity contribution in [1.29, 1.82) is 0 Å². The second-order valence-electron chi connectivity index (χ2n) is 5.37. The number of nitrogen functional groups attached to an aromatic ring is 1. The van der Waals surface area contributed by atoms with Crippen LogP contribution in [0, 0.1) is 0 Å². The van der Waals surface area contributed by atoms with E-state index < -0.39 is 0 Å². The average molecular weight is 293 g/mol. The lowest BCUT2D eigenvalue weighted by Gasteiger charge is -2.12. The van der Waals surface area contributed by atoms with Gasteiger partial charge in [0.1, 0.15) is 5.75 Å². The Morgan fingerprint density at radius 3 is 2.76 bits per heavy atom. The summed E-state index contributed by atoms with van der Waals surface area (Å²) in [6.45, 7) is 4.33. The normalized spacial score (nSPS) is 10.7. The van der Waals surface area contributed by atoms with E-state index in [0.29, 0.717) is 30.2 Å². The Morgan fingerprint density at radius 1 is 1.33 bits per heavy atom. The highest BCUT2D eigenvalue weighted by Crippen LogP contribution is 2.23. The largest absolute Gasteiger partial charge is 0.491 e. The van der Waals surface area contributed by atoms with Crippen LogP contribution in [-0.4, -0.2) is 44.6 Å². The van der Waals surface area contributed by atoms with Gasteiger partial charge in [0.25, 0.3) is 5.91 Å². The number of unbranched alkanes of at least 4 members (excludes halogenated alkanes) is 1. The first-order valence-corrected chi connectivity index (χ1v) is 7.49. The third-order valence-corrected chi connectivity index (χ3v) is 3.10. The van der Waals surface area contributed by atoms with Gasteiger partial charge in [0, 0.05) is 12.1 Å². The number of benzene rings is 1. The zero-order chi connectivity index (χ0) is 15.7. The molecule has 3 N–H and O–H groups in total. The fourth-order valence-electron chi connectivity index (χ4n) is 1.83. The fourth-order valence-corrected chi connectivity index (χ4v) is 1.83. The molecule has 0 radical (unpaired) electrons. The number of anilines is 1. The number of nitrogens with one attached hydrogen (secondary N) is 1. The molecule has 0 unspecified atom stereocenters. The molecule has 0 saturated carbocycles. The summed E-state index contributed by atoms with van der Waals surface area (Å²) >= 11 is 0. The molecule has 5 nitrogen and oxygen atoms in total. The Kier molecular flexibility index (Phi) is 7.61. The minimum atomic E-state index is -0.0888. The van der Waals surface area contributed by atoms with Crippen molar-refractivity contribution in [2.45, 2.75) is 26.2 Å². The molecular weight excluding hydrogens is 266 g/mol. The molecule has 5 heteroatoms. The van der Waals surface area contributed by atoms with E-state index in [-0.39, 0.29) is 5.91 Å². The molecule has 118 valence electrons. The van der Waals surface area contributed by atoms with E-state index in [0.717, 1.165) is 25.8 Å². The lowest BCUT2D eigenvalue weighted by Crippen LogP contribution is -2.27. The number of carbonyl (C=O) groups excluding carboxylic acids is 1. The molecule has 0 bridgehead atoms. The van der Waals surface area contributed by atoms with Crippen molar-refractivity contribution >= 4 is 11.6 Å². The second kappa shape index (κ2) is 9.23. The Hall–Kier alpha value is -1.75. The van der Waals surface area contributed by atoms with Crippen LogP contribution in [0.25, 0.3) is 0 Å². The van der Waals surface area contributed by atoms with Crippen molar-refractivity contribution in [3.8, 4) is 5.75 Å². The SMILES string of the molecule is CCCCOc1cc(C(=O)NCCCN(C)C)ccc1N. The minimum Gasteiger partial charge on any atom is -0.491 e. The standard InChI is InChI=1S/C16H27N3O2/c1-4-5-11-21-15-12-13(7-8-14(15)17)16(20)18-9-6-10-19(2)3/h7-8,12H,4-6,9-11,17H2,1-3H3,(H,18,20). The topological polar surface area (TPSA) is 67.6 Å². The molecule has 0 fully saturated rings. The van der Waals surface area contributed by atoms with Crippen molar-refractivity contribution in [2.75, 3.05) is 39.5 Å². The van der Waals surface area contributed by atoms with Gasteiger partial charge in [-0.2, -0.15) is 0 Å². The number of carbonyl (C=O) groups is 1. The van der Waals surface area contributed by atoms with Crippen molar-refractivity contribution in [1.82, 2.24) is 10.2 Å². The van der Waals surface area contributed by atoms with E-state index >= 15 is 0 Å². The quantitative estimate of drug-likeness (QED) is 0.540. The summed E-state index contributed by atoms with van der Waals surface area (Å²) in [6.07, 6.45) is 2.96. The summed E-state index contributed by atoms with van der Waals surface area (Å²) < 4.78 is 5.61. The van der Waals surface area contributed by atoms with Gasteiger partial charge in [0.05, 0.1) is 12.3 Å². The molecule has 0 aliphatic heterocycles. The van der Waals surface area contributed by atoms with E-state index in [4.69, 9.17) is 10.5 Å². The molecule has 1 amide bonds. The first kappa shape index (κ1) is 17.3. The van der Waals surface area contributed by atoms with Gasteiger partial charge in [-0.25, -0.2) is 0 Å². The predicted molar refractivity (Wildman–Crippen MR) is 86.8 cm³/mol. The third kappa shape index (κ3) is 6.49. The van der Waals surface area contributed by atoms with Crippen LogP contribution in [0.2, 0.25) is 0 Å². The number of rotatable bonds is 9. The number of ether oxygens (including phenoxy) is 1. The summed E-state index contributed by atoms with van der Waals surface area (Å²) in [5.41, 5.74) is 7.01. The lowest BCUT2D eigenvalue weighted by molar-refractivity contribution is 0.0952. The van der Waals surface area contributed by atoms with Crippen LogP contribution in [0.15, 0.2) is 18.2 Å². The molecule has 21 heavy (non-hydrogen) atoms. The monoisotopic (exact) mass is 293 g/mol. The molecule has 0 saturated heterocycles. The number of nitrogens with two attached hydrogens (primary N) is 1. The summed E-state index contributed by atoms with van der Waals surface area (Å²) in [6, 6.07) is 5.16. The number of hydrogen-bond acceptors (Lipinski definition) is 4. The summed E-state index contributed by atoms with van der Waals surface area (Å²) in [5, 5.41) is 2.91. The maximum Gasteiger partial charge on any atom is 0.251 e. The Balaban J connectivity index is 2.53. The Labute approximate surface area is 127 Å². The van der Waals surface area contributed by atoms with Crippen molar-refractivity contribution in [3.63, 3.8) is 0 Å². The van der Waals surface area contributed by atoms with Gasteiger partial charge < -0.3 is 20.7 Å². The van der Waals surface area contributed by atoms with Crippen LogP contribution in [0.5, 0.6) is 5.75 Å². The predicted octanol–water partition coefficient (Wildman–Crippen LogP) is 2.13. The Bertz CT molecular complexity index is 447. The molecule has 0 aliphatic rings. The van der Waals surface area contributed by atoms with E-state index in [9.17, 15) is 4.79 Å². The molecule has 1 rings (SSSR count). The highest BCUT2D eigenvalue weighted by molar-refractivity contribution is 5.95. The van der Waals surface area contributed by atoms with Crippen LogP contribution in [0.1, 0.15) is 36.5 Å². The van der Waals surface area contributed by atoms with Gasteiger partial charge in [0.15, 0.2) is 0 Å². The first-order chi connectivity index (χ1) is 10.0. The summed E-state index contributed by atoms with van der Waals surface area (Å²) in [7, 11) is 4.03. The van der Waals surface area contributed by atoms with Crippen LogP contribution >= 0.6 is 0 Å². The fraction of sp³-hybridized carbons (Fsp3) is 0.562. The Morgan fingerprint density at radius 2 is 2.10 bits per heavy atom. The van der Waals surface area contributed by atoms with Gasteiger partial charge in [-0.3, -0.25) is 4.79 Å². The van der Waals surface area contributed by atoms with Crippen LogP contribution in [-0.2, 0) is 0 Å². The third-order valence-electron chi connectivity index (χ3n) is 3.10. The van der Waals surface area contributed by atoms with Crippen LogP contribution in [0.4, 0.5) is 5.69 Å². The van der Waals surface area contributed by atoms with Gasteiger partial charge >= 0.3 is 0 Å². The maximum atomic E-state index is 12.1. The zero-order valence-electron chi connectivity index (χ0n) is 13.3. The van der Waals surface area contributed by atoms with Crippen LogP contribution < -0.4 is 15.8 Å². The summed E-state index contributed by atoms with van der Waals surface area (Å²) in [5.74, 6) is 0.499. The average Bonchev–Trinajstić information content (AvgIpc) is 2.45. The molecule has 0 atom stereocenters. The highest BCUT2D eigenvalue weighted by Gasteiger charge is 2.09. The van der Waals surface area contributed by atoms with Gasteiger partial charge in [-0.1, -0.05) is 13.3 Å². The van der Waals surface area contributed by atoms with E-state index in [1.54, 1.807) is 18.2 Å². The molecule has 1 aromatic rings. The molecule has 0 aliphatic carbocycles. The molecule has 0 spiro atoms. The molecule has 1 aromatic carbocycles. The summed E-state index contributed by atoms with van der Waals surface area (Å²) in [4.78, 5) is 14.2. The lowest BCUT2D eigenvalue weighted by atomic mass is 10.1. The minimum absolute atomic E-state index is 0.0888. The van der Waals surface area contributed by atoms with Gasteiger partial charge in [0.2, 0.25) is 0 Å². The first-order valence-electron chi connectivity index (χ1n) is 7.49. The number of nitrogens with zero attached hydrogens (tertiary/aromatic N) is 1. The van der Waals surface area contributed by atoms with E-state index in [2.05, 4.69) is 17.1 Å². The van der Waals surface area contributed by atoms with E-state index in [1.807, 2.05) is 14.1 Å². The molecular formula is C16H27N3O2.